The predicted molar refractivity (Wildman–Crippen MR) is 92.2 cm³/mol. The van der Waals surface area contributed by atoms with Crippen molar-refractivity contribution in [2.75, 3.05) is 7.05 Å². The first kappa shape index (κ1) is 19.5. The van der Waals surface area contributed by atoms with Crippen LogP contribution in [0.15, 0.2) is 48.5 Å². The summed E-state index contributed by atoms with van der Waals surface area (Å²) in [6, 6.07) is 11.0. The number of carbonyl (C=O) groups excluding carboxylic acids is 2. The fourth-order valence-corrected chi connectivity index (χ4v) is 2.49. The van der Waals surface area contributed by atoms with Crippen LogP contribution in [0.2, 0.25) is 0 Å². The summed E-state index contributed by atoms with van der Waals surface area (Å²) in [4.78, 5) is 24.8. The minimum atomic E-state index is -4.37. The monoisotopic (exact) mass is 364 g/mol. The Kier molecular flexibility index (Phi) is 5.69. The maximum atomic E-state index is 12.6. The summed E-state index contributed by atoms with van der Waals surface area (Å²) in [6.07, 6.45) is -4.31. The van der Waals surface area contributed by atoms with Gasteiger partial charge >= 0.3 is 6.18 Å². The van der Waals surface area contributed by atoms with Crippen molar-refractivity contribution in [3.05, 3.63) is 59.7 Å². The van der Waals surface area contributed by atoms with Gasteiger partial charge in [0.15, 0.2) is 0 Å². The van der Waals surface area contributed by atoms with E-state index in [9.17, 15) is 22.8 Å². The number of primary amides is 1. The van der Waals surface area contributed by atoms with Gasteiger partial charge < -0.3 is 10.6 Å². The van der Waals surface area contributed by atoms with E-state index < -0.39 is 17.6 Å². The number of hydrogen-bond acceptors (Lipinski definition) is 2. The predicted octanol–water partition coefficient (Wildman–Crippen LogP) is 3.71. The van der Waals surface area contributed by atoms with E-state index in [1.165, 1.54) is 17.0 Å². The Balaban J connectivity index is 2.15. The van der Waals surface area contributed by atoms with Gasteiger partial charge in [0, 0.05) is 25.1 Å². The van der Waals surface area contributed by atoms with Gasteiger partial charge in [-0.25, -0.2) is 0 Å². The second-order valence-electron chi connectivity index (χ2n) is 6.09. The summed E-state index contributed by atoms with van der Waals surface area (Å²) < 4.78 is 37.8. The highest BCUT2D eigenvalue weighted by molar-refractivity contribution is 5.95. The maximum Gasteiger partial charge on any atom is 0.416 e. The van der Waals surface area contributed by atoms with Crippen LogP contribution in [-0.2, 0) is 11.0 Å². The Hall–Kier alpha value is -2.83. The first-order chi connectivity index (χ1) is 12.1. The number of alkyl halides is 3. The smallest absolute Gasteiger partial charge is 0.370 e. The molecular weight excluding hydrogens is 345 g/mol. The molecular formula is C19H19F3N2O2. The largest absolute Gasteiger partial charge is 0.416 e. The number of halogens is 3. The maximum absolute atomic E-state index is 12.6. The molecule has 2 rings (SSSR count). The number of hydrogen-bond donors (Lipinski definition) is 1. The van der Waals surface area contributed by atoms with Gasteiger partial charge in [-0.1, -0.05) is 24.3 Å². The highest BCUT2D eigenvalue weighted by Crippen LogP contribution is 2.31. The van der Waals surface area contributed by atoms with Crippen LogP contribution in [0.5, 0.6) is 0 Å². The molecule has 0 saturated carbocycles. The van der Waals surface area contributed by atoms with E-state index in [0.29, 0.717) is 16.7 Å². The fourth-order valence-electron chi connectivity index (χ4n) is 2.49. The molecule has 1 atom stereocenters. The van der Waals surface area contributed by atoms with E-state index in [4.69, 9.17) is 5.73 Å². The minimum Gasteiger partial charge on any atom is -0.370 e. The first-order valence-corrected chi connectivity index (χ1v) is 7.92. The van der Waals surface area contributed by atoms with Crippen molar-refractivity contribution in [1.29, 1.82) is 0 Å². The number of benzene rings is 2. The van der Waals surface area contributed by atoms with Gasteiger partial charge in [0.2, 0.25) is 5.91 Å². The summed E-state index contributed by atoms with van der Waals surface area (Å²) >= 11 is 0. The second-order valence-corrected chi connectivity index (χ2v) is 6.09. The van der Waals surface area contributed by atoms with Crippen molar-refractivity contribution >= 4 is 11.8 Å². The van der Waals surface area contributed by atoms with Gasteiger partial charge in [-0.15, -0.1) is 0 Å². The molecule has 0 bridgehead atoms. The van der Waals surface area contributed by atoms with Crippen molar-refractivity contribution < 1.29 is 22.8 Å². The molecule has 0 spiro atoms. The van der Waals surface area contributed by atoms with E-state index in [2.05, 4.69) is 0 Å². The van der Waals surface area contributed by atoms with E-state index in [0.717, 1.165) is 12.1 Å². The van der Waals surface area contributed by atoms with Crippen LogP contribution in [-0.4, -0.2) is 29.8 Å². The summed E-state index contributed by atoms with van der Waals surface area (Å²) in [7, 11) is 1.58. The zero-order valence-electron chi connectivity index (χ0n) is 14.4. The van der Waals surface area contributed by atoms with Gasteiger partial charge in [0.1, 0.15) is 0 Å². The standard InChI is InChI=1S/C19H19F3N2O2/c1-12(11-17(23)25)24(2)18(26)15-5-3-13(4-6-15)14-7-9-16(10-8-14)19(20,21)22/h3-10,12H,11H2,1-2H3,(H2,23,25)/t12-/m0/s1. The van der Waals surface area contributed by atoms with E-state index in [1.54, 1.807) is 38.2 Å². The average Bonchev–Trinajstić information content (AvgIpc) is 2.59. The van der Waals surface area contributed by atoms with Gasteiger partial charge in [-0.05, 0) is 42.3 Å². The Bertz CT molecular complexity index is 784. The molecule has 2 N–H and O–H groups in total. The lowest BCUT2D eigenvalue weighted by molar-refractivity contribution is -0.137. The summed E-state index contributed by atoms with van der Waals surface area (Å²) in [6.45, 7) is 1.72. The van der Waals surface area contributed by atoms with Gasteiger partial charge in [-0.2, -0.15) is 13.2 Å². The number of nitrogens with two attached hydrogens (primary N) is 1. The van der Waals surface area contributed by atoms with Crippen LogP contribution in [0.1, 0.15) is 29.3 Å². The highest BCUT2D eigenvalue weighted by Gasteiger charge is 2.30. The van der Waals surface area contributed by atoms with Crippen molar-refractivity contribution in [3.63, 3.8) is 0 Å². The van der Waals surface area contributed by atoms with Crippen molar-refractivity contribution in [2.24, 2.45) is 5.73 Å². The van der Waals surface area contributed by atoms with Gasteiger partial charge in [-0.3, -0.25) is 9.59 Å². The summed E-state index contributed by atoms with van der Waals surface area (Å²) in [5.41, 5.74) is 6.17. The Morgan fingerprint density at radius 1 is 1.00 bits per heavy atom. The first-order valence-electron chi connectivity index (χ1n) is 7.92. The van der Waals surface area contributed by atoms with Crippen LogP contribution in [0.3, 0.4) is 0 Å². The Morgan fingerprint density at radius 2 is 1.46 bits per heavy atom. The molecule has 26 heavy (non-hydrogen) atoms. The zero-order chi connectivity index (χ0) is 19.5. The number of rotatable bonds is 5. The molecule has 0 radical (unpaired) electrons. The molecule has 0 heterocycles. The van der Waals surface area contributed by atoms with Crippen LogP contribution < -0.4 is 5.73 Å². The van der Waals surface area contributed by atoms with E-state index in [1.807, 2.05) is 0 Å². The van der Waals surface area contributed by atoms with Crippen LogP contribution in [0.4, 0.5) is 13.2 Å². The third-order valence-electron chi connectivity index (χ3n) is 4.16. The molecule has 0 aliphatic rings. The molecule has 2 aromatic rings. The van der Waals surface area contributed by atoms with Crippen LogP contribution >= 0.6 is 0 Å². The highest BCUT2D eigenvalue weighted by atomic mass is 19.4. The molecule has 2 aromatic carbocycles. The quantitative estimate of drug-likeness (QED) is 0.879. The molecule has 0 aliphatic carbocycles. The van der Waals surface area contributed by atoms with Crippen LogP contribution in [0, 0.1) is 0 Å². The van der Waals surface area contributed by atoms with Gasteiger partial charge in [0.25, 0.3) is 5.91 Å². The van der Waals surface area contributed by atoms with E-state index in [-0.39, 0.29) is 18.4 Å². The second kappa shape index (κ2) is 7.59. The lowest BCUT2D eigenvalue weighted by Crippen LogP contribution is -2.37. The van der Waals surface area contributed by atoms with Gasteiger partial charge in [0.05, 0.1) is 5.56 Å². The summed E-state index contributed by atoms with van der Waals surface area (Å²) in [5, 5.41) is 0. The zero-order valence-corrected chi connectivity index (χ0v) is 14.4. The van der Waals surface area contributed by atoms with Crippen LogP contribution in [0.25, 0.3) is 11.1 Å². The SMILES string of the molecule is C[C@@H](CC(N)=O)N(C)C(=O)c1ccc(-c2ccc(C(F)(F)F)cc2)cc1. The minimum absolute atomic E-state index is 0.0614. The number of amides is 2. The molecule has 4 nitrogen and oxygen atoms in total. The average molecular weight is 364 g/mol. The van der Waals surface area contributed by atoms with Crippen molar-refractivity contribution in [1.82, 2.24) is 4.90 Å². The molecule has 7 heteroatoms. The molecule has 0 fully saturated rings. The Morgan fingerprint density at radius 3 is 1.88 bits per heavy atom. The number of carbonyl (C=O) groups is 2. The summed E-state index contributed by atoms with van der Waals surface area (Å²) in [5.74, 6) is -0.757. The molecule has 2 amide bonds. The third kappa shape index (κ3) is 4.62. The fraction of sp³-hybridized carbons (Fsp3) is 0.263. The molecule has 0 aliphatic heterocycles. The van der Waals surface area contributed by atoms with Crippen molar-refractivity contribution in [2.45, 2.75) is 25.6 Å². The molecule has 138 valence electrons. The lowest BCUT2D eigenvalue weighted by Gasteiger charge is -2.24. The van der Waals surface area contributed by atoms with Crippen molar-refractivity contribution in [3.8, 4) is 11.1 Å². The third-order valence-corrected chi connectivity index (χ3v) is 4.16. The molecule has 0 unspecified atom stereocenters. The van der Waals surface area contributed by atoms with E-state index >= 15 is 0 Å². The molecule has 0 saturated heterocycles. The number of nitrogens with zero attached hydrogens (tertiary/aromatic N) is 1. The molecule has 0 aromatic heterocycles. The Labute approximate surface area is 149 Å². The topological polar surface area (TPSA) is 63.4 Å². The normalized spacial score (nSPS) is 12.5. The lowest BCUT2D eigenvalue weighted by atomic mass is 10.0.